The third-order valence-electron chi connectivity index (χ3n) is 4.92. The van der Waals surface area contributed by atoms with Crippen LogP contribution in [0.2, 0.25) is 10.0 Å². The summed E-state index contributed by atoms with van der Waals surface area (Å²) in [5.74, 6) is -2.15. The predicted octanol–water partition coefficient (Wildman–Crippen LogP) is 5.77. The van der Waals surface area contributed by atoms with Crippen molar-refractivity contribution in [1.29, 1.82) is 5.41 Å². The Kier molecular flexibility index (Phi) is 7.28. The van der Waals surface area contributed by atoms with E-state index < -0.39 is 29.0 Å². The van der Waals surface area contributed by atoms with Gasteiger partial charge in [0, 0.05) is 26.9 Å². The largest absolute Gasteiger partial charge is 0.416 e. The minimum Gasteiger partial charge on any atom is -0.323 e. The summed E-state index contributed by atoms with van der Waals surface area (Å²) < 4.78 is 40.1. The van der Waals surface area contributed by atoms with Gasteiger partial charge in [0.2, 0.25) is 5.95 Å². The number of nitrogens with zero attached hydrogens (tertiary/aromatic N) is 3. The first-order chi connectivity index (χ1) is 17.5. The Morgan fingerprint density at radius 3 is 2.08 bits per heavy atom. The van der Waals surface area contributed by atoms with Crippen molar-refractivity contribution in [2.45, 2.75) is 6.18 Å². The van der Waals surface area contributed by atoms with Gasteiger partial charge in [-0.15, -0.1) is 5.10 Å². The van der Waals surface area contributed by atoms with E-state index >= 15 is 0 Å². The molecular formula is C24H15Cl2F3N6O2. The molecule has 1 amide bonds. The third kappa shape index (κ3) is 6.13. The smallest absolute Gasteiger partial charge is 0.323 e. The van der Waals surface area contributed by atoms with Crippen LogP contribution in [0.5, 0.6) is 0 Å². The van der Waals surface area contributed by atoms with Gasteiger partial charge in [-0.25, -0.2) is 0 Å². The molecule has 0 unspecified atom stereocenters. The van der Waals surface area contributed by atoms with Gasteiger partial charge in [-0.2, -0.15) is 22.8 Å². The Bertz CT molecular complexity index is 1540. The minimum atomic E-state index is -4.59. The van der Waals surface area contributed by atoms with Crippen LogP contribution >= 0.6 is 23.2 Å². The molecule has 0 radical (unpaired) electrons. The van der Waals surface area contributed by atoms with E-state index in [1.807, 2.05) is 0 Å². The average Bonchev–Trinajstić information content (AvgIpc) is 2.86. The first kappa shape index (κ1) is 25.9. The number of alkyl halides is 3. The number of hydrogen-bond acceptors (Lipinski definition) is 6. The number of hydrogen-bond donors (Lipinski definition) is 3. The molecule has 1 heterocycles. The Hall–Kier alpha value is -4.22. The van der Waals surface area contributed by atoms with Crippen LogP contribution in [0, 0.1) is 5.41 Å². The van der Waals surface area contributed by atoms with E-state index in [1.54, 1.807) is 0 Å². The van der Waals surface area contributed by atoms with E-state index in [4.69, 9.17) is 28.6 Å². The summed E-state index contributed by atoms with van der Waals surface area (Å²) in [6.45, 7) is 0. The summed E-state index contributed by atoms with van der Waals surface area (Å²) in [6.07, 6.45) is -4.59. The van der Waals surface area contributed by atoms with Gasteiger partial charge in [0.15, 0.2) is 11.3 Å². The normalized spacial score (nSPS) is 11.2. The van der Waals surface area contributed by atoms with Gasteiger partial charge in [0.05, 0.1) is 5.56 Å². The summed E-state index contributed by atoms with van der Waals surface area (Å²) in [7, 11) is 0. The lowest BCUT2D eigenvalue weighted by Gasteiger charge is -2.13. The highest BCUT2D eigenvalue weighted by Gasteiger charge is 2.30. The lowest BCUT2D eigenvalue weighted by molar-refractivity contribution is -0.137. The van der Waals surface area contributed by atoms with Crippen molar-refractivity contribution < 1.29 is 22.8 Å². The molecule has 0 spiro atoms. The monoisotopic (exact) mass is 546 g/mol. The first-order valence-corrected chi connectivity index (χ1v) is 11.1. The molecule has 1 aromatic heterocycles. The van der Waals surface area contributed by atoms with Gasteiger partial charge < -0.3 is 10.6 Å². The number of aromatic nitrogens is 3. The maximum absolute atomic E-state index is 13.1. The van der Waals surface area contributed by atoms with Crippen LogP contribution in [-0.4, -0.2) is 26.6 Å². The van der Waals surface area contributed by atoms with Crippen molar-refractivity contribution in [1.82, 2.24) is 14.8 Å². The van der Waals surface area contributed by atoms with Gasteiger partial charge in [0.25, 0.3) is 11.8 Å². The molecule has 4 aromatic rings. The number of nitrogens with one attached hydrogen (secondary N) is 3. The molecule has 0 bridgehead atoms. The molecule has 13 heteroatoms. The summed E-state index contributed by atoms with van der Waals surface area (Å²) in [4.78, 5) is 29.9. The van der Waals surface area contributed by atoms with Crippen LogP contribution in [0.15, 0.2) is 72.8 Å². The molecule has 37 heavy (non-hydrogen) atoms. The highest BCUT2D eigenvalue weighted by atomic mass is 35.5. The fraction of sp³-hybridized carbons (Fsp3) is 0.0417. The summed E-state index contributed by atoms with van der Waals surface area (Å²) in [5.41, 5.74) is -1.23. The van der Waals surface area contributed by atoms with Crippen LogP contribution in [0.4, 0.5) is 30.6 Å². The number of carbonyl (C=O) groups excluding carboxylic acids is 2. The second kappa shape index (κ2) is 10.4. The molecule has 0 saturated heterocycles. The quantitative estimate of drug-likeness (QED) is 0.294. The van der Waals surface area contributed by atoms with Crippen LogP contribution in [0.3, 0.4) is 0 Å². The third-order valence-corrected chi connectivity index (χ3v) is 5.42. The van der Waals surface area contributed by atoms with Crippen molar-refractivity contribution >= 4 is 52.5 Å². The Morgan fingerprint density at radius 1 is 0.892 bits per heavy atom. The highest BCUT2D eigenvalue weighted by molar-refractivity contribution is 6.31. The Balaban J connectivity index is 1.76. The fourth-order valence-corrected chi connectivity index (χ4v) is 3.36. The molecule has 0 aliphatic rings. The van der Waals surface area contributed by atoms with Gasteiger partial charge >= 0.3 is 6.18 Å². The molecule has 0 fully saturated rings. The average molecular weight is 547 g/mol. The molecular weight excluding hydrogens is 532 g/mol. The second-order valence-electron chi connectivity index (χ2n) is 7.52. The Morgan fingerprint density at radius 2 is 1.49 bits per heavy atom. The molecule has 0 aliphatic carbocycles. The molecule has 0 atom stereocenters. The maximum Gasteiger partial charge on any atom is 0.416 e. The zero-order valence-corrected chi connectivity index (χ0v) is 20.0. The molecule has 0 aliphatic heterocycles. The van der Waals surface area contributed by atoms with Crippen molar-refractivity contribution in [3.05, 3.63) is 105 Å². The number of rotatable bonds is 5. The molecule has 8 nitrogen and oxygen atoms in total. The molecule has 4 rings (SSSR count). The first-order valence-electron chi connectivity index (χ1n) is 10.4. The van der Waals surface area contributed by atoms with E-state index in [-0.39, 0.29) is 28.6 Å². The van der Waals surface area contributed by atoms with Crippen LogP contribution in [0.1, 0.15) is 26.3 Å². The van der Waals surface area contributed by atoms with Crippen molar-refractivity contribution in [3.63, 3.8) is 0 Å². The Labute approximate surface area is 217 Å². The number of carbonyl (C=O) groups is 2. The van der Waals surface area contributed by atoms with Crippen molar-refractivity contribution in [2.24, 2.45) is 0 Å². The molecule has 3 aromatic carbocycles. The standard InChI is InChI=1S/C24H15Cl2F3N6O2/c25-16-8-4-13(5-9-16)21(36)32-20-19(30)35(22(37)14-6-10-17(26)11-7-14)34-23(33-20)31-18-3-1-2-15(12-18)24(27,28)29/h1-12,30H,(H2,31,32,33,34,36). The van der Waals surface area contributed by atoms with Crippen molar-refractivity contribution in [2.75, 3.05) is 10.6 Å². The van der Waals surface area contributed by atoms with E-state index in [1.165, 1.54) is 60.7 Å². The number of benzene rings is 3. The van der Waals surface area contributed by atoms with Crippen LogP contribution in [-0.2, 0) is 6.18 Å². The second-order valence-corrected chi connectivity index (χ2v) is 8.39. The summed E-state index contributed by atoms with van der Waals surface area (Å²) in [5, 5.41) is 18.2. The lowest BCUT2D eigenvalue weighted by atomic mass is 10.2. The van der Waals surface area contributed by atoms with Gasteiger partial charge in [-0.05, 0) is 66.7 Å². The predicted molar refractivity (Wildman–Crippen MR) is 131 cm³/mol. The fourth-order valence-electron chi connectivity index (χ4n) is 3.11. The number of amides is 1. The topological polar surface area (TPSA) is 113 Å². The number of anilines is 3. The maximum atomic E-state index is 13.1. The summed E-state index contributed by atoms with van der Waals surface area (Å²) >= 11 is 11.7. The highest BCUT2D eigenvalue weighted by Crippen LogP contribution is 2.31. The van der Waals surface area contributed by atoms with E-state index in [2.05, 4.69) is 20.7 Å². The van der Waals surface area contributed by atoms with E-state index in [0.29, 0.717) is 14.7 Å². The van der Waals surface area contributed by atoms with Gasteiger partial charge in [0.1, 0.15) is 0 Å². The van der Waals surface area contributed by atoms with E-state index in [9.17, 15) is 22.8 Å². The lowest BCUT2D eigenvalue weighted by Crippen LogP contribution is -2.34. The zero-order valence-electron chi connectivity index (χ0n) is 18.5. The molecule has 188 valence electrons. The van der Waals surface area contributed by atoms with Gasteiger partial charge in [-0.1, -0.05) is 29.3 Å². The molecule has 0 saturated carbocycles. The molecule has 3 N–H and O–H groups in total. The summed E-state index contributed by atoms with van der Waals surface area (Å²) in [6, 6.07) is 15.8. The number of halogens is 5. The van der Waals surface area contributed by atoms with Crippen LogP contribution in [0.25, 0.3) is 0 Å². The SMILES string of the molecule is N=c1c(NC(=O)c2ccc(Cl)cc2)nc(Nc2cccc(C(F)(F)F)c2)nn1C(=O)c1ccc(Cl)cc1. The van der Waals surface area contributed by atoms with Crippen LogP contribution < -0.4 is 16.1 Å². The van der Waals surface area contributed by atoms with E-state index in [0.717, 1.165) is 12.1 Å². The zero-order chi connectivity index (χ0) is 26.7. The van der Waals surface area contributed by atoms with Gasteiger partial charge in [-0.3, -0.25) is 15.0 Å². The minimum absolute atomic E-state index is 0.0342. The van der Waals surface area contributed by atoms with Crippen molar-refractivity contribution in [3.8, 4) is 0 Å².